The summed E-state index contributed by atoms with van der Waals surface area (Å²) in [5.41, 5.74) is 0. The normalized spacial score (nSPS) is 35.7. The van der Waals surface area contributed by atoms with Crippen LogP contribution in [-0.2, 0) is 4.74 Å². The van der Waals surface area contributed by atoms with Crippen LogP contribution in [0.4, 0.5) is 0 Å². The molecule has 3 unspecified atom stereocenters. The lowest BCUT2D eigenvalue weighted by molar-refractivity contribution is -0.229. The fraction of sp³-hybridized carbons (Fsp3) is 0.615. The van der Waals surface area contributed by atoms with Crippen LogP contribution in [0.15, 0.2) is 18.5 Å². The molecule has 1 saturated heterocycles. The van der Waals surface area contributed by atoms with Crippen molar-refractivity contribution in [3.05, 3.63) is 24.3 Å². The summed E-state index contributed by atoms with van der Waals surface area (Å²) in [4.78, 5) is 8.53. The standard InChI is InChI=1S/C13H18N4O2/c1-7-8(2)10(19-12(18)9(7)3)11-15-13-14-5-4-6-17(13)16-11/h4-10,12,18H,1-3H3/t7-,8+,9?,10?,12?/m0/s1. The maximum atomic E-state index is 9.97. The van der Waals surface area contributed by atoms with E-state index in [2.05, 4.69) is 28.9 Å². The Morgan fingerprint density at radius 2 is 2.00 bits per heavy atom. The zero-order chi connectivity index (χ0) is 13.6. The summed E-state index contributed by atoms with van der Waals surface area (Å²) < 4.78 is 7.31. The third-order valence-electron chi connectivity index (χ3n) is 4.26. The van der Waals surface area contributed by atoms with Crippen LogP contribution in [0, 0.1) is 17.8 Å². The van der Waals surface area contributed by atoms with Gasteiger partial charge in [0.2, 0.25) is 0 Å². The molecular weight excluding hydrogens is 244 g/mol. The Morgan fingerprint density at radius 1 is 1.21 bits per heavy atom. The molecule has 6 nitrogen and oxygen atoms in total. The molecule has 1 aliphatic heterocycles. The molecule has 1 aliphatic rings. The molecule has 1 N–H and O–H groups in total. The molecule has 3 heterocycles. The van der Waals surface area contributed by atoms with E-state index in [0.717, 1.165) is 0 Å². The number of fused-ring (bicyclic) bond motifs is 1. The summed E-state index contributed by atoms with van der Waals surface area (Å²) >= 11 is 0. The van der Waals surface area contributed by atoms with Gasteiger partial charge in [-0.3, -0.25) is 0 Å². The molecule has 0 spiro atoms. The van der Waals surface area contributed by atoms with Crippen molar-refractivity contribution >= 4 is 5.78 Å². The second kappa shape index (κ2) is 4.54. The highest BCUT2D eigenvalue weighted by Crippen LogP contribution is 2.40. The van der Waals surface area contributed by atoms with Gasteiger partial charge in [-0.15, -0.1) is 5.10 Å². The molecule has 2 aromatic heterocycles. The van der Waals surface area contributed by atoms with Crippen LogP contribution in [-0.4, -0.2) is 31.0 Å². The minimum Gasteiger partial charge on any atom is -0.368 e. The fourth-order valence-corrected chi connectivity index (χ4v) is 2.58. The largest absolute Gasteiger partial charge is 0.368 e. The first-order valence-corrected chi connectivity index (χ1v) is 6.58. The number of hydrogen-bond donors (Lipinski definition) is 1. The minimum atomic E-state index is -0.768. The highest BCUT2D eigenvalue weighted by Gasteiger charge is 2.40. The Labute approximate surface area is 111 Å². The maximum Gasteiger partial charge on any atom is 0.252 e. The van der Waals surface area contributed by atoms with Gasteiger partial charge in [0.25, 0.3) is 5.78 Å². The first kappa shape index (κ1) is 12.5. The summed E-state index contributed by atoms with van der Waals surface area (Å²) in [6, 6.07) is 1.80. The van der Waals surface area contributed by atoms with Crippen molar-refractivity contribution in [1.82, 2.24) is 19.6 Å². The highest BCUT2D eigenvalue weighted by molar-refractivity contribution is 5.25. The Balaban J connectivity index is 1.96. The molecule has 0 saturated carbocycles. The molecule has 6 heteroatoms. The van der Waals surface area contributed by atoms with Gasteiger partial charge in [0.15, 0.2) is 12.1 Å². The fourth-order valence-electron chi connectivity index (χ4n) is 2.58. The average molecular weight is 262 g/mol. The van der Waals surface area contributed by atoms with Crippen LogP contribution >= 0.6 is 0 Å². The van der Waals surface area contributed by atoms with Gasteiger partial charge in [-0.25, -0.2) is 9.50 Å². The van der Waals surface area contributed by atoms with Crippen LogP contribution in [0.1, 0.15) is 32.7 Å². The monoisotopic (exact) mass is 262 g/mol. The van der Waals surface area contributed by atoms with Gasteiger partial charge in [0.1, 0.15) is 6.10 Å². The third kappa shape index (κ3) is 2.01. The molecule has 19 heavy (non-hydrogen) atoms. The quantitative estimate of drug-likeness (QED) is 0.841. The van der Waals surface area contributed by atoms with Crippen molar-refractivity contribution in [3.63, 3.8) is 0 Å². The van der Waals surface area contributed by atoms with Crippen LogP contribution in [0.2, 0.25) is 0 Å². The van der Waals surface area contributed by atoms with E-state index in [1.807, 2.05) is 6.92 Å². The smallest absolute Gasteiger partial charge is 0.252 e. The predicted molar refractivity (Wildman–Crippen MR) is 68.1 cm³/mol. The van der Waals surface area contributed by atoms with Crippen molar-refractivity contribution < 1.29 is 9.84 Å². The van der Waals surface area contributed by atoms with Gasteiger partial charge in [-0.2, -0.15) is 4.98 Å². The first-order valence-electron chi connectivity index (χ1n) is 6.58. The molecule has 0 radical (unpaired) electrons. The van der Waals surface area contributed by atoms with Crippen LogP contribution in [0.25, 0.3) is 5.78 Å². The lowest BCUT2D eigenvalue weighted by atomic mass is 9.79. The van der Waals surface area contributed by atoms with Crippen molar-refractivity contribution in [1.29, 1.82) is 0 Å². The van der Waals surface area contributed by atoms with Crippen molar-refractivity contribution in [2.24, 2.45) is 17.8 Å². The molecule has 0 aliphatic carbocycles. The Kier molecular flexibility index (Phi) is 2.99. The molecule has 0 bridgehead atoms. The number of hydrogen-bond acceptors (Lipinski definition) is 5. The Morgan fingerprint density at radius 3 is 2.74 bits per heavy atom. The number of nitrogens with zero attached hydrogens (tertiary/aromatic N) is 4. The SMILES string of the molecule is CC1C(O)OC(c2nc3ncccn3n2)[C@H](C)[C@@H]1C. The molecule has 2 aromatic rings. The van der Waals surface area contributed by atoms with E-state index in [1.165, 1.54) is 0 Å². The highest BCUT2D eigenvalue weighted by atomic mass is 16.6. The summed E-state index contributed by atoms with van der Waals surface area (Å²) in [6.45, 7) is 6.24. The van der Waals surface area contributed by atoms with E-state index in [0.29, 0.717) is 17.5 Å². The van der Waals surface area contributed by atoms with E-state index in [4.69, 9.17) is 4.74 Å². The topological polar surface area (TPSA) is 72.5 Å². The van der Waals surface area contributed by atoms with Crippen LogP contribution in [0.3, 0.4) is 0 Å². The van der Waals surface area contributed by atoms with Gasteiger partial charge in [-0.05, 0) is 17.9 Å². The maximum absolute atomic E-state index is 9.97. The Bertz CT molecular complexity index is 552. The lowest BCUT2D eigenvalue weighted by Gasteiger charge is -2.40. The Hall–Kier alpha value is -1.53. The van der Waals surface area contributed by atoms with E-state index in [9.17, 15) is 5.11 Å². The summed E-state index contributed by atoms with van der Waals surface area (Å²) in [7, 11) is 0. The molecule has 1 fully saturated rings. The second-order valence-corrected chi connectivity index (χ2v) is 5.36. The zero-order valence-electron chi connectivity index (χ0n) is 11.3. The predicted octanol–water partition coefficient (Wildman–Crippen LogP) is 1.42. The van der Waals surface area contributed by atoms with Gasteiger partial charge in [0.05, 0.1) is 0 Å². The van der Waals surface area contributed by atoms with Crippen LogP contribution in [0.5, 0.6) is 0 Å². The van der Waals surface area contributed by atoms with Crippen molar-refractivity contribution in [3.8, 4) is 0 Å². The third-order valence-corrected chi connectivity index (χ3v) is 4.26. The first-order chi connectivity index (χ1) is 9.08. The molecular formula is C13H18N4O2. The van der Waals surface area contributed by atoms with Crippen molar-refractivity contribution in [2.45, 2.75) is 33.2 Å². The van der Waals surface area contributed by atoms with E-state index in [1.54, 1.807) is 23.0 Å². The van der Waals surface area contributed by atoms with E-state index < -0.39 is 6.29 Å². The lowest BCUT2D eigenvalue weighted by Crippen LogP contribution is -2.40. The zero-order valence-corrected chi connectivity index (χ0v) is 11.3. The second-order valence-electron chi connectivity index (χ2n) is 5.36. The molecule has 0 aromatic carbocycles. The molecule has 0 amide bonds. The minimum absolute atomic E-state index is 0.112. The number of aliphatic hydroxyl groups is 1. The number of aromatic nitrogens is 4. The van der Waals surface area contributed by atoms with Crippen LogP contribution < -0.4 is 0 Å². The van der Waals surface area contributed by atoms with Gasteiger partial charge >= 0.3 is 0 Å². The number of rotatable bonds is 1. The van der Waals surface area contributed by atoms with E-state index >= 15 is 0 Å². The summed E-state index contributed by atoms with van der Waals surface area (Å²) in [6.07, 6.45) is 2.42. The molecule has 102 valence electrons. The summed E-state index contributed by atoms with van der Waals surface area (Å²) in [5, 5.41) is 14.4. The van der Waals surface area contributed by atoms with Gasteiger partial charge < -0.3 is 9.84 Å². The molecule has 3 rings (SSSR count). The van der Waals surface area contributed by atoms with Gasteiger partial charge in [-0.1, -0.05) is 20.8 Å². The van der Waals surface area contributed by atoms with E-state index in [-0.39, 0.29) is 17.9 Å². The number of ether oxygens (including phenoxy) is 1. The van der Waals surface area contributed by atoms with Gasteiger partial charge in [0, 0.05) is 18.3 Å². The number of aliphatic hydroxyl groups excluding tert-OH is 1. The average Bonchev–Trinajstić information content (AvgIpc) is 2.84. The summed E-state index contributed by atoms with van der Waals surface area (Å²) in [5.74, 6) is 1.84. The van der Waals surface area contributed by atoms with Crippen molar-refractivity contribution in [2.75, 3.05) is 0 Å². The molecule has 5 atom stereocenters.